The normalized spacial score (nSPS) is 5.67. The van der Waals surface area contributed by atoms with Gasteiger partial charge >= 0.3 is 0 Å². The second-order valence-corrected chi connectivity index (χ2v) is 1.05. The first-order valence-electron chi connectivity index (χ1n) is 1.42. The molecule has 0 aliphatic heterocycles. The van der Waals surface area contributed by atoms with Crippen LogP contribution >= 0.6 is 0 Å². The third kappa shape index (κ3) is 8.92. The molecule has 37 valence electrons. The maximum Gasteiger partial charge on any atom is 0.0509 e. The Morgan fingerprint density at radius 3 is 1.67 bits per heavy atom. The Morgan fingerprint density at radius 1 is 1.50 bits per heavy atom. The van der Waals surface area contributed by atoms with Crippen molar-refractivity contribution in [1.82, 2.24) is 0 Å². The number of hydrogen-bond donors (Lipinski definition) is 1. The van der Waals surface area contributed by atoms with Crippen molar-refractivity contribution in [3.05, 3.63) is 0 Å². The number of oxime groups is 1. The largest absolute Gasteiger partial charge is 0.411 e. The maximum absolute atomic E-state index is 7.73. The minimum Gasteiger partial charge on any atom is -0.411 e. The van der Waals surface area contributed by atoms with E-state index in [1.54, 1.807) is 13.8 Å². The standard InChI is InChI=1S/C3H7NO.Re/c1-3(2)4-5;/h5H,1-2H3;. The van der Waals surface area contributed by atoms with E-state index in [0.29, 0.717) is 5.71 Å². The summed E-state index contributed by atoms with van der Waals surface area (Å²) in [6.07, 6.45) is 0. The summed E-state index contributed by atoms with van der Waals surface area (Å²) >= 11 is 0. The van der Waals surface area contributed by atoms with E-state index in [9.17, 15) is 0 Å². The van der Waals surface area contributed by atoms with Crippen molar-refractivity contribution in [1.29, 1.82) is 0 Å². The molecule has 3 heteroatoms. The molecule has 0 bridgehead atoms. The summed E-state index contributed by atoms with van der Waals surface area (Å²) < 4.78 is 0. The van der Waals surface area contributed by atoms with Gasteiger partial charge in [0.05, 0.1) is 5.71 Å². The van der Waals surface area contributed by atoms with Crippen LogP contribution < -0.4 is 0 Å². The summed E-state index contributed by atoms with van der Waals surface area (Å²) in [6, 6.07) is 0. The van der Waals surface area contributed by atoms with Gasteiger partial charge in [0.15, 0.2) is 0 Å². The Morgan fingerprint density at radius 2 is 1.67 bits per heavy atom. The Hall–Kier alpha value is 0.132. The van der Waals surface area contributed by atoms with E-state index in [0.717, 1.165) is 0 Å². The number of rotatable bonds is 0. The van der Waals surface area contributed by atoms with Crippen LogP contribution in [0.3, 0.4) is 0 Å². The molecule has 0 aromatic rings. The van der Waals surface area contributed by atoms with Gasteiger partial charge in [-0.15, -0.1) is 0 Å². The fraction of sp³-hybridized carbons (Fsp3) is 0.667. The first-order valence-corrected chi connectivity index (χ1v) is 1.42. The van der Waals surface area contributed by atoms with E-state index in [1.165, 1.54) is 0 Å². The van der Waals surface area contributed by atoms with Crippen molar-refractivity contribution in [3.63, 3.8) is 0 Å². The minimum atomic E-state index is 0. The first-order chi connectivity index (χ1) is 2.27. The molecule has 0 saturated carbocycles. The van der Waals surface area contributed by atoms with Crippen molar-refractivity contribution in [2.24, 2.45) is 5.16 Å². The molecule has 0 unspecified atom stereocenters. The van der Waals surface area contributed by atoms with Crippen molar-refractivity contribution in [3.8, 4) is 0 Å². The van der Waals surface area contributed by atoms with E-state index < -0.39 is 0 Å². The van der Waals surface area contributed by atoms with Crippen LogP contribution in [0.25, 0.3) is 0 Å². The van der Waals surface area contributed by atoms with Gasteiger partial charge < -0.3 is 5.21 Å². The van der Waals surface area contributed by atoms with E-state index >= 15 is 0 Å². The molecule has 0 rings (SSSR count). The molecular weight excluding hydrogens is 252 g/mol. The van der Waals surface area contributed by atoms with Gasteiger partial charge in [-0.2, -0.15) is 0 Å². The van der Waals surface area contributed by atoms with Gasteiger partial charge in [-0.1, -0.05) is 5.16 Å². The van der Waals surface area contributed by atoms with Crippen LogP contribution in [-0.2, 0) is 20.4 Å². The average molecular weight is 259 g/mol. The third-order valence-electron chi connectivity index (χ3n) is 0.200. The Kier molecular flexibility index (Phi) is 8.09. The molecule has 0 atom stereocenters. The second-order valence-electron chi connectivity index (χ2n) is 1.05. The van der Waals surface area contributed by atoms with Crippen LogP contribution in [-0.4, -0.2) is 10.9 Å². The van der Waals surface area contributed by atoms with Gasteiger partial charge in [0.2, 0.25) is 0 Å². The Bertz CT molecular complexity index is 48.8. The van der Waals surface area contributed by atoms with Crippen molar-refractivity contribution >= 4 is 5.71 Å². The fourth-order valence-corrected chi connectivity index (χ4v) is 0. The maximum atomic E-state index is 7.73. The zero-order valence-corrected chi connectivity index (χ0v) is 6.49. The van der Waals surface area contributed by atoms with E-state index in [1.807, 2.05) is 0 Å². The van der Waals surface area contributed by atoms with Crippen molar-refractivity contribution in [2.75, 3.05) is 0 Å². The molecule has 0 aromatic carbocycles. The van der Waals surface area contributed by atoms with Crippen LogP contribution in [0.2, 0.25) is 0 Å². The molecule has 0 amide bonds. The first kappa shape index (κ1) is 9.46. The minimum absolute atomic E-state index is 0. The van der Waals surface area contributed by atoms with Crippen LogP contribution in [0.15, 0.2) is 5.16 Å². The summed E-state index contributed by atoms with van der Waals surface area (Å²) in [7, 11) is 0. The number of hydrogen-bond acceptors (Lipinski definition) is 2. The van der Waals surface area contributed by atoms with Gasteiger partial charge in [-0.25, -0.2) is 0 Å². The third-order valence-corrected chi connectivity index (χ3v) is 0.200. The summed E-state index contributed by atoms with van der Waals surface area (Å²) in [4.78, 5) is 0. The van der Waals surface area contributed by atoms with Crippen LogP contribution in [0.4, 0.5) is 0 Å². The van der Waals surface area contributed by atoms with Gasteiger partial charge in [-0.3, -0.25) is 0 Å². The molecule has 0 aliphatic rings. The predicted octanol–water partition coefficient (Wildman–Crippen LogP) is 0.854. The van der Waals surface area contributed by atoms with Gasteiger partial charge in [-0.05, 0) is 13.8 Å². The monoisotopic (exact) mass is 260 g/mol. The van der Waals surface area contributed by atoms with Crippen LogP contribution in [0.5, 0.6) is 0 Å². The number of nitrogens with zero attached hydrogens (tertiary/aromatic N) is 1. The zero-order valence-electron chi connectivity index (χ0n) is 3.77. The second kappa shape index (κ2) is 5.13. The Labute approximate surface area is 50.9 Å². The summed E-state index contributed by atoms with van der Waals surface area (Å²) in [5.74, 6) is 0. The van der Waals surface area contributed by atoms with E-state index in [-0.39, 0.29) is 20.4 Å². The summed E-state index contributed by atoms with van der Waals surface area (Å²) in [5.41, 5.74) is 0.685. The molecule has 0 aromatic heterocycles. The van der Waals surface area contributed by atoms with E-state index in [4.69, 9.17) is 5.21 Å². The zero-order chi connectivity index (χ0) is 4.28. The topological polar surface area (TPSA) is 32.6 Å². The molecule has 0 spiro atoms. The van der Waals surface area contributed by atoms with Crippen LogP contribution in [0, 0.1) is 0 Å². The molecule has 0 fully saturated rings. The molecule has 0 saturated heterocycles. The molecule has 6 heavy (non-hydrogen) atoms. The quantitative estimate of drug-likeness (QED) is 0.390. The summed E-state index contributed by atoms with van der Waals surface area (Å²) in [6.45, 7) is 3.44. The molecule has 0 aliphatic carbocycles. The smallest absolute Gasteiger partial charge is 0.0509 e. The molecular formula is C3H7NORe. The molecule has 2 nitrogen and oxygen atoms in total. The molecule has 1 N–H and O–H groups in total. The molecule has 1 radical (unpaired) electrons. The van der Waals surface area contributed by atoms with Crippen molar-refractivity contribution < 1.29 is 25.6 Å². The average Bonchev–Trinajstić information content (AvgIpc) is 1.38. The molecule has 0 heterocycles. The van der Waals surface area contributed by atoms with Gasteiger partial charge in [0.25, 0.3) is 0 Å². The van der Waals surface area contributed by atoms with Gasteiger partial charge in [0.1, 0.15) is 0 Å². The van der Waals surface area contributed by atoms with Gasteiger partial charge in [0, 0.05) is 20.4 Å². The predicted molar refractivity (Wildman–Crippen MR) is 20.6 cm³/mol. The Balaban J connectivity index is 0. The fourth-order valence-electron chi connectivity index (χ4n) is 0. The van der Waals surface area contributed by atoms with Crippen molar-refractivity contribution in [2.45, 2.75) is 13.8 Å². The SMILES string of the molecule is CC(C)=NO.[Re]. The summed E-state index contributed by atoms with van der Waals surface area (Å²) in [5, 5.41) is 10.5. The van der Waals surface area contributed by atoms with Crippen LogP contribution in [0.1, 0.15) is 13.8 Å². The van der Waals surface area contributed by atoms with E-state index in [2.05, 4.69) is 5.16 Å².